The summed E-state index contributed by atoms with van der Waals surface area (Å²) in [7, 11) is 1.67. The van der Waals surface area contributed by atoms with Gasteiger partial charge in [0.25, 0.3) is 0 Å². The first kappa shape index (κ1) is 25.6. The Balaban J connectivity index is 0.00000341. The van der Waals surface area contributed by atoms with Crippen molar-refractivity contribution >= 4 is 46.6 Å². The zero-order chi connectivity index (χ0) is 21.2. The van der Waals surface area contributed by atoms with Crippen LogP contribution in [-0.2, 0) is 17.8 Å². The summed E-state index contributed by atoms with van der Waals surface area (Å²) in [5.41, 5.74) is 1.10. The number of benzene rings is 1. The van der Waals surface area contributed by atoms with Crippen molar-refractivity contribution in [3.8, 4) is 5.75 Å². The van der Waals surface area contributed by atoms with Gasteiger partial charge in [-0.05, 0) is 24.6 Å². The molecule has 0 saturated carbocycles. The van der Waals surface area contributed by atoms with Crippen LogP contribution in [0.2, 0.25) is 0 Å². The van der Waals surface area contributed by atoms with E-state index >= 15 is 0 Å². The number of nitrogens with zero attached hydrogens (tertiary/aromatic N) is 5. The van der Waals surface area contributed by atoms with E-state index in [9.17, 15) is 0 Å². The lowest BCUT2D eigenvalue weighted by Crippen LogP contribution is -2.52. The van der Waals surface area contributed by atoms with Gasteiger partial charge in [0.2, 0.25) is 5.13 Å². The molecular formula is C21H33IN6O2S. The maximum atomic E-state index is 5.79. The molecule has 0 aliphatic carbocycles. The molecule has 0 amide bonds. The van der Waals surface area contributed by atoms with Gasteiger partial charge in [-0.1, -0.05) is 19.1 Å². The standard InChI is InChI=1S/C21H32N6O2S.HI/c1-4-19-24-21(30-25-19)27-12-10-26(11-13-27)20(22-5-2)23-9-14-29-16-17-7-6-8-18(15-17)28-3;/h6-8,15H,4-5,9-14,16H2,1-3H3,(H,22,23);1H. The van der Waals surface area contributed by atoms with Crippen LogP contribution in [0.5, 0.6) is 5.75 Å². The average Bonchev–Trinajstić information content (AvgIpc) is 3.28. The third-order valence-corrected chi connectivity index (χ3v) is 5.67. The molecule has 0 radical (unpaired) electrons. The third kappa shape index (κ3) is 7.76. The summed E-state index contributed by atoms with van der Waals surface area (Å²) in [4.78, 5) is 14.0. The van der Waals surface area contributed by atoms with E-state index in [0.717, 1.165) is 67.4 Å². The molecule has 1 aromatic carbocycles. The summed E-state index contributed by atoms with van der Waals surface area (Å²) in [6, 6.07) is 7.94. The summed E-state index contributed by atoms with van der Waals surface area (Å²) in [6.45, 7) is 10.5. The molecule has 2 heterocycles. The van der Waals surface area contributed by atoms with Crippen molar-refractivity contribution in [2.24, 2.45) is 4.99 Å². The number of aromatic nitrogens is 2. The highest BCUT2D eigenvalue weighted by Gasteiger charge is 2.21. The van der Waals surface area contributed by atoms with Gasteiger partial charge in [-0.2, -0.15) is 4.37 Å². The normalized spacial score (nSPS) is 14.4. The van der Waals surface area contributed by atoms with E-state index in [0.29, 0.717) is 19.8 Å². The quantitative estimate of drug-likeness (QED) is 0.219. The molecule has 8 nitrogen and oxygen atoms in total. The largest absolute Gasteiger partial charge is 0.497 e. The monoisotopic (exact) mass is 560 g/mol. The van der Waals surface area contributed by atoms with Gasteiger partial charge in [0, 0.05) is 50.7 Å². The van der Waals surface area contributed by atoms with Gasteiger partial charge < -0.3 is 24.6 Å². The minimum atomic E-state index is 0. The van der Waals surface area contributed by atoms with Crippen molar-refractivity contribution in [1.82, 2.24) is 19.6 Å². The van der Waals surface area contributed by atoms with Crippen LogP contribution in [0.15, 0.2) is 29.3 Å². The van der Waals surface area contributed by atoms with Gasteiger partial charge in [-0.3, -0.25) is 4.99 Å². The minimum Gasteiger partial charge on any atom is -0.497 e. The van der Waals surface area contributed by atoms with E-state index in [1.807, 2.05) is 24.3 Å². The van der Waals surface area contributed by atoms with Crippen LogP contribution in [0.3, 0.4) is 0 Å². The fourth-order valence-electron chi connectivity index (χ4n) is 3.22. The zero-order valence-corrected chi connectivity index (χ0v) is 21.7. The topological polar surface area (TPSA) is 75.1 Å². The van der Waals surface area contributed by atoms with Crippen LogP contribution in [0.4, 0.5) is 5.13 Å². The first-order valence-corrected chi connectivity index (χ1v) is 11.3. The highest BCUT2D eigenvalue weighted by molar-refractivity contribution is 14.0. The number of aliphatic imine (C=N–C) groups is 1. The van der Waals surface area contributed by atoms with Crippen LogP contribution < -0.4 is 15.0 Å². The third-order valence-electron chi connectivity index (χ3n) is 4.86. The Labute approximate surface area is 206 Å². The van der Waals surface area contributed by atoms with Gasteiger partial charge in [0.05, 0.1) is 26.9 Å². The van der Waals surface area contributed by atoms with Crippen molar-refractivity contribution < 1.29 is 9.47 Å². The second kappa shape index (κ2) is 13.7. The van der Waals surface area contributed by atoms with Crippen LogP contribution in [0, 0.1) is 0 Å². The van der Waals surface area contributed by atoms with Gasteiger partial charge >= 0.3 is 0 Å². The Morgan fingerprint density at radius 3 is 2.71 bits per heavy atom. The lowest BCUT2D eigenvalue weighted by molar-refractivity contribution is 0.128. The van der Waals surface area contributed by atoms with Crippen molar-refractivity contribution in [3.63, 3.8) is 0 Å². The number of rotatable bonds is 9. The lowest BCUT2D eigenvalue weighted by Gasteiger charge is -2.36. The van der Waals surface area contributed by atoms with Gasteiger partial charge in [0.1, 0.15) is 11.6 Å². The van der Waals surface area contributed by atoms with Gasteiger partial charge in [0.15, 0.2) is 5.96 Å². The molecule has 3 rings (SSSR count). The first-order chi connectivity index (χ1) is 14.7. The molecule has 0 atom stereocenters. The molecule has 31 heavy (non-hydrogen) atoms. The van der Waals surface area contributed by atoms with E-state index < -0.39 is 0 Å². The van der Waals surface area contributed by atoms with Crippen LogP contribution in [-0.4, -0.2) is 73.2 Å². The molecule has 2 aromatic rings. The van der Waals surface area contributed by atoms with Crippen LogP contribution in [0.25, 0.3) is 0 Å². The number of guanidine groups is 1. The number of hydrogen-bond acceptors (Lipinski definition) is 7. The zero-order valence-electron chi connectivity index (χ0n) is 18.5. The first-order valence-electron chi connectivity index (χ1n) is 10.5. The van der Waals surface area contributed by atoms with Crippen LogP contribution in [0.1, 0.15) is 25.2 Å². The number of ether oxygens (including phenoxy) is 2. The lowest BCUT2D eigenvalue weighted by atomic mass is 10.2. The van der Waals surface area contributed by atoms with E-state index in [1.165, 1.54) is 11.5 Å². The Morgan fingerprint density at radius 1 is 1.23 bits per heavy atom. The van der Waals surface area contributed by atoms with E-state index in [-0.39, 0.29) is 24.0 Å². The molecule has 1 aliphatic heterocycles. The maximum absolute atomic E-state index is 5.79. The summed E-state index contributed by atoms with van der Waals surface area (Å²) >= 11 is 1.50. The van der Waals surface area contributed by atoms with E-state index in [4.69, 9.17) is 14.5 Å². The molecule has 1 fully saturated rings. The Hall–Kier alpha value is -1.66. The smallest absolute Gasteiger partial charge is 0.205 e. The van der Waals surface area contributed by atoms with Crippen molar-refractivity contribution in [2.45, 2.75) is 26.9 Å². The summed E-state index contributed by atoms with van der Waals surface area (Å²) in [6.07, 6.45) is 0.883. The molecule has 10 heteroatoms. The molecule has 1 aliphatic rings. The summed E-state index contributed by atoms with van der Waals surface area (Å²) in [5.74, 6) is 2.73. The Kier molecular flexibility index (Phi) is 11.3. The van der Waals surface area contributed by atoms with Gasteiger partial charge in [-0.25, -0.2) is 4.98 Å². The predicted molar refractivity (Wildman–Crippen MR) is 137 cm³/mol. The molecule has 1 N–H and O–H groups in total. The summed E-state index contributed by atoms with van der Waals surface area (Å²) in [5, 5.41) is 4.43. The highest BCUT2D eigenvalue weighted by Crippen LogP contribution is 2.19. The number of methoxy groups -OCH3 is 1. The van der Waals surface area contributed by atoms with E-state index in [1.54, 1.807) is 7.11 Å². The van der Waals surface area contributed by atoms with Gasteiger partial charge in [-0.15, -0.1) is 24.0 Å². The second-order valence-corrected chi connectivity index (χ2v) is 7.69. The fraction of sp³-hybridized carbons (Fsp3) is 0.571. The molecule has 0 unspecified atom stereocenters. The summed E-state index contributed by atoms with van der Waals surface area (Å²) < 4.78 is 15.4. The number of hydrogen-bond donors (Lipinski definition) is 1. The number of anilines is 1. The molecule has 172 valence electrons. The van der Waals surface area contributed by atoms with Crippen molar-refractivity contribution in [1.29, 1.82) is 0 Å². The van der Waals surface area contributed by atoms with Crippen LogP contribution >= 0.6 is 35.5 Å². The molecule has 0 bridgehead atoms. The van der Waals surface area contributed by atoms with Crippen molar-refractivity contribution in [2.75, 3.05) is 57.9 Å². The molecular weight excluding hydrogens is 527 g/mol. The molecule has 1 aromatic heterocycles. The molecule has 0 spiro atoms. The highest BCUT2D eigenvalue weighted by atomic mass is 127. The SMILES string of the molecule is CCNC(=NCCOCc1cccc(OC)c1)N1CCN(c2nc(CC)ns2)CC1.I. The van der Waals surface area contributed by atoms with Crippen molar-refractivity contribution in [3.05, 3.63) is 35.7 Å². The van der Waals surface area contributed by atoms with E-state index in [2.05, 4.69) is 38.3 Å². The number of piperazine rings is 1. The Bertz CT molecular complexity index is 811. The average molecular weight is 561 g/mol. The number of aryl methyl sites for hydroxylation is 1. The number of nitrogens with one attached hydrogen (secondary N) is 1. The number of halogens is 1. The Morgan fingerprint density at radius 2 is 2.03 bits per heavy atom. The predicted octanol–water partition coefficient (Wildman–Crippen LogP) is 3.03. The maximum Gasteiger partial charge on any atom is 0.205 e. The second-order valence-electron chi connectivity index (χ2n) is 6.96. The molecule has 1 saturated heterocycles. The minimum absolute atomic E-state index is 0. The fourth-order valence-corrected chi connectivity index (χ4v) is 4.02.